The van der Waals surface area contributed by atoms with Gasteiger partial charge >= 0.3 is 0 Å². The second-order valence-electron chi connectivity index (χ2n) is 3.64. The number of benzene rings is 1. The highest BCUT2D eigenvalue weighted by Crippen LogP contribution is 2.18. The SMILES string of the molecule is CC(=O)CSc1ccc(CC(N)C=O)cc1. The summed E-state index contributed by atoms with van der Waals surface area (Å²) < 4.78 is 0. The lowest BCUT2D eigenvalue weighted by molar-refractivity contribution is -0.114. The summed E-state index contributed by atoms with van der Waals surface area (Å²) in [4.78, 5) is 22.2. The van der Waals surface area contributed by atoms with Crippen LogP contribution < -0.4 is 5.73 Å². The molecule has 1 unspecified atom stereocenters. The zero-order valence-corrected chi connectivity index (χ0v) is 10.00. The van der Waals surface area contributed by atoms with E-state index in [-0.39, 0.29) is 5.78 Å². The van der Waals surface area contributed by atoms with Crippen LogP contribution in [0.3, 0.4) is 0 Å². The van der Waals surface area contributed by atoms with Crippen LogP contribution in [0.25, 0.3) is 0 Å². The maximum absolute atomic E-state index is 10.8. The predicted octanol–water partition coefficient (Wildman–Crippen LogP) is 1.44. The summed E-state index contributed by atoms with van der Waals surface area (Å²) in [6, 6.07) is 7.33. The number of hydrogen-bond donors (Lipinski definition) is 1. The molecular weight excluding hydrogens is 222 g/mol. The Labute approximate surface area is 99.4 Å². The van der Waals surface area contributed by atoms with Crippen molar-refractivity contribution in [2.45, 2.75) is 24.3 Å². The maximum atomic E-state index is 10.8. The Morgan fingerprint density at radius 1 is 1.44 bits per heavy atom. The molecule has 16 heavy (non-hydrogen) atoms. The van der Waals surface area contributed by atoms with E-state index in [4.69, 9.17) is 5.73 Å². The maximum Gasteiger partial charge on any atom is 0.140 e. The van der Waals surface area contributed by atoms with Gasteiger partial charge in [-0.3, -0.25) is 4.79 Å². The van der Waals surface area contributed by atoms with Gasteiger partial charge in [-0.05, 0) is 31.0 Å². The number of aldehydes is 1. The third-order valence-corrected chi connectivity index (χ3v) is 3.17. The van der Waals surface area contributed by atoms with Crippen LogP contribution in [-0.4, -0.2) is 23.9 Å². The third-order valence-electron chi connectivity index (χ3n) is 2.01. The van der Waals surface area contributed by atoms with Crippen molar-refractivity contribution in [1.82, 2.24) is 0 Å². The average Bonchev–Trinajstić information content (AvgIpc) is 2.28. The van der Waals surface area contributed by atoms with Gasteiger partial charge in [0, 0.05) is 4.90 Å². The first-order chi connectivity index (χ1) is 7.61. The molecule has 0 radical (unpaired) electrons. The van der Waals surface area contributed by atoms with E-state index in [0.717, 1.165) is 16.7 Å². The molecule has 0 fully saturated rings. The van der Waals surface area contributed by atoms with Crippen LogP contribution in [-0.2, 0) is 16.0 Å². The molecule has 0 aliphatic carbocycles. The standard InChI is InChI=1S/C12H15NO2S/c1-9(15)8-16-12-4-2-10(3-5-12)6-11(13)7-14/h2-5,7,11H,6,8,13H2,1H3. The molecule has 0 spiro atoms. The van der Waals surface area contributed by atoms with Crippen molar-refractivity contribution in [3.05, 3.63) is 29.8 Å². The monoisotopic (exact) mass is 237 g/mol. The molecule has 1 aromatic rings. The van der Waals surface area contributed by atoms with Crippen LogP contribution in [0.15, 0.2) is 29.2 Å². The lowest BCUT2D eigenvalue weighted by atomic mass is 10.1. The summed E-state index contributed by atoms with van der Waals surface area (Å²) >= 11 is 1.51. The summed E-state index contributed by atoms with van der Waals surface area (Å²) in [5.41, 5.74) is 6.56. The Morgan fingerprint density at radius 3 is 2.56 bits per heavy atom. The van der Waals surface area contributed by atoms with Gasteiger partial charge in [0.05, 0.1) is 11.8 Å². The Balaban J connectivity index is 2.53. The molecule has 0 aliphatic heterocycles. The second-order valence-corrected chi connectivity index (χ2v) is 4.69. The van der Waals surface area contributed by atoms with E-state index in [1.54, 1.807) is 6.92 Å². The fourth-order valence-electron chi connectivity index (χ4n) is 1.23. The molecule has 4 heteroatoms. The predicted molar refractivity (Wildman–Crippen MR) is 65.6 cm³/mol. The largest absolute Gasteiger partial charge is 0.321 e. The smallest absolute Gasteiger partial charge is 0.140 e. The van der Waals surface area contributed by atoms with Gasteiger partial charge in [0.2, 0.25) is 0 Å². The van der Waals surface area contributed by atoms with E-state index in [9.17, 15) is 9.59 Å². The normalized spacial score (nSPS) is 12.1. The number of hydrogen-bond acceptors (Lipinski definition) is 4. The van der Waals surface area contributed by atoms with Gasteiger partial charge in [-0.1, -0.05) is 12.1 Å². The molecule has 0 heterocycles. The van der Waals surface area contributed by atoms with Crippen molar-refractivity contribution in [2.75, 3.05) is 5.75 Å². The van der Waals surface area contributed by atoms with E-state index in [1.165, 1.54) is 11.8 Å². The number of nitrogens with two attached hydrogens (primary N) is 1. The molecule has 86 valence electrons. The van der Waals surface area contributed by atoms with E-state index >= 15 is 0 Å². The third kappa shape index (κ3) is 4.59. The Kier molecular flexibility index (Phi) is 5.22. The zero-order valence-electron chi connectivity index (χ0n) is 9.18. The molecule has 0 amide bonds. The average molecular weight is 237 g/mol. The van der Waals surface area contributed by atoms with Crippen molar-refractivity contribution in [3.8, 4) is 0 Å². The van der Waals surface area contributed by atoms with Crippen LogP contribution in [0, 0.1) is 0 Å². The number of carbonyl (C=O) groups is 2. The van der Waals surface area contributed by atoms with Gasteiger partial charge in [0.25, 0.3) is 0 Å². The second kappa shape index (κ2) is 6.45. The van der Waals surface area contributed by atoms with Crippen molar-refractivity contribution in [2.24, 2.45) is 5.73 Å². The molecule has 1 atom stereocenters. The van der Waals surface area contributed by atoms with Gasteiger partial charge in [0.1, 0.15) is 12.1 Å². The van der Waals surface area contributed by atoms with E-state index in [1.807, 2.05) is 24.3 Å². The lowest BCUT2D eigenvalue weighted by Crippen LogP contribution is -2.23. The number of ketones is 1. The van der Waals surface area contributed by atoms with Crippen molar-refractivity contribution in [3.63, 3.8) is 0 Å². The first-order valence-electron chi connectivity index (χ1n) is 5.04. The molecular formula is C12H15NO2S. The number of rotatable bonds is 6. The quantitative estimate of drug-likeness (QED) is 0.600. The van der Waals surface area contributed by atoms with Crippen molar-refractivity contribution in [1.29, 1.82) is 0 Å². The summed E-state index contributed by atoms with van der Waals surface area (Å²) in [6.45, 7) is 1.57. The minimum absolute atomic E-state index is 0.164. The molecule has 3 nitrogen and oxygen atoms in total. The number of Topliss-reactive ketones (excluding diaryl/α,β-unsaturated/α-hetero) is 1. The van der Waals surface area contributed by atoms with Gasteiger partial charge in [-0.15, -0.1) is 11.8 Å². The molecule has 0 aliphatic rings. The van der Waals surface area contributed by atoms with Gasteiger partial charge < -0.3 is 10.5 Å². The molecule has 1 rings (SSSR count). The highest BCUT2D eigenvalue weighted by molar-refractivity contribution is 8.00. The molecule has 0 saturated heterocycles. The molecule has 2 N–H and O–H groups in total. The number of thioether (sulfide) groups is 1. The fourth-order valence-corrected chi connectivity index (χ4v) is 1.93. The molecule has 0 saturated carbocycles. The van der Waals surface area contributed by atoms with Crippen LogP contribution in [0.4, 0.5) is 0 Å². The first kappa shape index (κ1) is 12.9. The van der Waals surface area contributed by atoms with Gasteiger partial charge in [0.15, 0.2) is 0 Å². The minimum Gasteiger partial charge on any atom is -0.321 e. The fraction of sp³-hybridized carbons (Fsp3) is 0.333. The van der Waals surface area contributed by atoms with Crippen LogP contribution in [0.1, 0.15) is 12.5 Å². The molecule has 0 aromatic heterocycles. The summed E-state index contributed by atoms with van der Waals surface area (Å²) in [6.07, 6.45) is 1.31. The van der Waals surface area contributed by atoms with Crippen molar-refractivity contribution < 1.29 is 9.59 Å². The lowest BCUT2D eigenvalue weighted by Gasteiger charge is -2.05. The molecule has 1 aromatic carbocycles. The van der Waals surface area contributed by atoms with Crippen LogP contribution in [0.5, 0.6) is 0 Å². The number of carbonyl (C=O) groups excluding carboxylic acids is 2. The Hall–Kier alpha value is -1.13. The Bertz CT molecular complexity index is 362. The van der Waals surface area contributed by atoms with Crippen molar-refractivity contribution >= 4 is 23.8 Å². The Morgan fingerprint density at radius 2 is 2.06 bits per heavy atom. The topological polar surface area (TPSA) is 60.2 Å². The highest BCUT2D eigenvalue weighted by atomic mass is 32.2. The van der Waals surface area contributed by atoms with Crippen LogP contribution >= 0.6 is 11.8 Å². The van der Waals surface area contributed by atoms with Gasteiger partial charge in [-0.25, -0.2) is 0 Å². The first-order valence-corrected chi connectivity index (χ1v) is 6.02. The molecule has 0 bridgehead atoms. The van der Waals surface area contributed by atoms with Crippen LogP contribution in [0.2, 0.25) is 0 Å². The minimum atomic E-state index is -0.435. The zero-order chi connectivity index (χ0) is 12.0. The van der Waals surface area contributed by atoms with Gasteiger partial charge in [-0.2, -0.15) is 0 Å². The van der Waals surface area contributed by atoms with E-state index in [0.29, 0.717) is 12.2 Å². The summed E-state index contributed by atoms with van der Waals surface area (Å²) in [5.74, 6) is 0.657. The summed E-state index contributed by atoms with van der Waals surface area (Å²) in [7, 11) is 0. The summed E-state index contributed by atoms with van der Waals surface area (Å²) in [5, 5.41) is 0. The van der Waals surface area contributed by atoms with E-state index < -0.39 is 6.04 Å². The highest BCUT2D eigenvalue weighted by Gasteiger charge is 2.02. The van der Waals surface area contributed by atoms with E-state index in [2.05, 4.69) is 0 Å².